The molecule has 0 saturated carbocycles. The van der Waals surface area contributed by atoms with E-state index in [0.717, 1.165) is 42.8 Å². The van der Waals surface area contributed by atoms with Gasteiger partial charge in [-0.2, -0.15) is 0 Å². The zero-order valence-electron chi connectivity index (χ0n) is 19.9. The lowest BCUT2D eigenvalue weighted by molar-refractivity contribution is -0.139. The molecule has 2 N–H and O–H groups in total. The van der Waals surface area contributed by atoms with Crippen molar-refractivity contribution in [2.45, 2.75) is 37.1 Å². The van der Waals surface area contributed by atoms with Crippen molar-refractivity contribution in [3.05, 3.63) is 77.0 Å². The van der Waals surface area contributed by atoms with E-state index in [9.17, 15) is 9.59 Å². The standard InChI is InChI=1S/C27H33N3O3S/c1-3-33-26(31)24-23(28-27(32)29-25(24)21-9-11-22(34-2)12-10-21)18-30-15-13-20(14-16-30)17-19-7-5-4-6-8-19/h4-12,20,25H,3,13-18H2,1-2H3,(H2,28,29,32)/t25-/m0/s1. The maximum Gasteiger partial charge on any atom is 0.338 e. The van der Waals surface area contributed by atoms with E-state index in [4.69, 9.17) is 4.74 Å². The van der Waals surface area contributed by atoms with Gasteiger partial charge in [0, 0.05) is 17.1 Å². The number of urea groups is 1. The first kappa shape index (κ1) is 24.4. The summed E-state index contributed by atoms with van der Waals surface area (Å²) in [7, 11) is 0. The minimum Gasteiger partial charge on any atom is -0.463 e. The van der Waals surface area contributed by atoms with Gasteiger partial charge in [0.05, 0.1) is 18.2 Å². The molecule has 2 aromatic carbocycles. The molecule has 0 aliphatic carbocycles. The second-order valence-corrected chi connectivity index (χ2v) is 9.71. The fourth-order valence-electron chi connectivity index (χ4n) is 4.76. The normalized spacial score (nSPS) is 19.5. The van der Waals surface area contributed by atoms with Gasteiger partial charge in [-0.3, -0.25) is 4.90 Å². The SMILES string of the molecule is CCOC(=O)C1=C(CN2CCC(Cc3ccccc3)CC2)NC(=O)N[C@H]1c1ccc(SC)cc1. The summed E-state index contributed by atoms with van der Waals surface area (Å²) in [4.78, 5) is 29.1. The van der Waals surface area contributed by atoms with E-state index in [1.54, 1.807) is 18.7 Å². The van der Waals surface area contributed by atoms with Crippen molar-refractivity contribution in [2.75, 3.05) is 32.5 Å². The van der Waals surface area contributed by atoms with Gasteiger partial charge in [0.1, 0.15) is 0 Å². The third-order valence-electron chi connectivity index (χ3n) is 6.55. The van der Waals surface area contributed by atoms with Crippen LogP contribution in [0, 0.1) is 5.92 Å². The van der Waals surface area contributed by atoms with Gasteiger partial charge in [0.25, 0.3) is 0 Å². The fourth-order valence-corrected chi connectivity index (χ4v) is 5.17. The molecule has 6 nitrogen and oxygen atoms in total. The molecule has 2 aliphatic rings. The fraction of sp³-hybridized carbons (Fsp3) is 0.407. The Labute approximate surface area is 206 Å². The van der Waals surface area contributed by atoms with Crippen LogP contribution in [0.5, 0.6) is 0 Å². The topological polar surface area (TPSA) is 70.7 Å². The Bertz CT molecular complexity index is 1020. The molecule has 1 saturated heterocycles. The molecule has 7 heteroatoms. The van der Waals surface area contributed by atoms with E-state index in [0.29, 0.717) is 23.7 Å². The van der Waals surface area contributed by atoms with Crippen LogP contribution in [0.1, 0.15) is 36.9 Å². The number of hydrogen-bond acceptors (Lipinski definition) is 5. The second kappa shape index (κ2) is 11.6. The molecule has 2 aliphatic heterocycles. The minimum absolute atomic E-state index is 0.284. The smallest absolute Gasteiger partial charge is 0.338 e. The lowest BCUT2D eigenvalue weighted by Gasteiger charge is -2.35. The molecular weight excluding hydrogens is 446 g/mol. The second-order valence-electron chi connectivity index (χ2n) is 8.83. The van der Waals surface area contributed by atoms with Gasteiger partial charge in [-0.05, 0) is 74.7 Å². The first-order chi connectivity index (χ1) is 16.6. The Hall–Kier alpha value is -2.77. The van der Waals surface area contributed by atoms with Crippen LogP contribution in [0.15, 0.2) is 70.8 Å². The molecule has 2 aromatic rings. The van der Waals surface area contributed by atoms with E-state index in [2.05, 4.69) is 45.9 Å². The summed E-state index contributed by atoms with van der Waals surface area (Å²) in [6, 6.07) is 17.8. The molecule has 0 spiro atoms. The Morgan fingerprint density at radius 3 is 2.44 bits per heavy atom. The van der Waals surface area contributed by atoms with Gasteiger partial charge in [-0.15, -0.1) is 11.8 Å². The average molecular weight is 480 g/mol. The van der Waals surface area contributed by atoms with Crippen molar-refractivity contribution in [3.8, 4) is 0 Å². The number of piperidine rings is 1. The summed E-state index contributed by atoms with van der Waals surface area (Å²) in [6.07, 6.45) is 5.32. The number of likely N-dealkylation sites (tertiary alicyclic amines) is 1. The van der Waals surface area contributed by atoms with Crippen LogP contribution in [0.25, 0.3) is 0 Å². The molecule has 34 heavy (non-hydrogen) atoms. The van der Waals surface area contributed by atoms with Gasteiger partial charge in [-0.25, -0.2) is 9.59 Å². The average Bonchev–Trinajstić information content (AvgIpc) is 2.86. The van der Waals surface area contributed by atoms with Crippen molar-refractivity contribution in [1.82, 2.24) is 15.5 Å². The Morgan fingerprint density at radius 1 is 1.09 bits per heavy atom. The van der Waals surface area contributed by atoms with E-state index in [-0.39, 0.29) is 18.6 Å². The quantitative estimate of drug-likeness (QED) is 0.430. The van der Waals surface area contributed by atoms with Crippen molar-refractivity contribution in [2.24, 2.45) is 5.92 Å². The number of thioether (sulfide) groups is 1. The maximum atomic E-state index is 13.0. The number of nitrogens with zero attached hydrogens (tertiary/aromatic N) is 1. The number of esters is 1. The molecule has 0 aromatic heterocycles. The van der Waals surface area contributed by atoms with Crippen molar-refractivity contribution >= 4 is 23.8 Å². The van der Waals surface area contributed by atoms with Crippen molar-refractivity contribution in [3.63, 3.8) is 0 Å². The minimum atomic E-state index is -0.533. The molecule has 0 bridgehead atoms. The number of nitrogens with one attached hydrogen (secondary N) is 2. The number of carbonyl (C=O) groups excluding carboxylic acids is 2. The molecular formula is C27H33N3O3S. The molecule has 4 rings (SSSR count). The first-order valence-electron chi connectivity index (χ1n) is 11.9. The molecule has 0 radical (unpaired) electrons. The summed E-state index contributed by atoms with van der Waals surface area (Å²) < 4.78 is 5.41. The van der Waals surface area contributed by atoms with Crippen LogP contribution in [-0.4, -0.2) is 49.4 Å². The third kappa shape index (κ3) is 6.02. The first-order valence-corrected chi connectivity index (χ1v) is 13.2. The zero-order valence-corrected chi connectivity index (χ0v) is 20.7. The number of hydrogen-bond donors (Lipinski definition) is 2. The molecule has 1 fully saturated rings. The molecule has 180 valence electrons. The van der Waals surface area contributed by atoms with E-state index >= 15 is 0 Å². The van der Waals surface area contributed by atoms with Crippen LogP contribution in [0.4, 0.5) is 4.79 Å². The number of carbonyl (C=O) groups is 2. The molecule has 0 unspecified atom stereocenters. The summed E-state index contributed by atoms with van der Waals surface area (Å²) >= 11 is 1.65. The van der Waals surface area contributed by atoms with Gasteiger partial charge >= 0.3 is 12.0 Å². The highest BCUT2D eigenvalue weighted by Crippen LogP contribution is 2.30. The van der Waals surface area contributed by atoms with Gasteiger partial charge < -0.3 is 15.4 Å². The highest BCUT2D eigenvalue weighted by Gasteiger charge is 2.34. The summed E-state index contributed by atoms with van der Waals surface area (Å²) in [5, 5.41) is 5.84. The number of rotatable bonds is 8. The number of amides is 2. The zero-order chi connectivity index (χ0) is 23.9. The Morgan fingerprint density at radius 2 is 1.79 bits per heavy atom. The van der Waals surface area contributed by atoms with Gasteiger partial charge in [-0.1, -0.05) is 42.5 Å². The van der Waals surface area contributed by atoms with Crippen molar-refractivity contribution < 1.29 is 14.3 Å². The molecule has 1 atom stereocenters. The third-order valence-corrected chi connectivity index (χ3v) is 7.30. The number of ether oxygens (including phenoxy) is 1. The predicted octanol–water partition coefficient (Wildman–Crippen LogP) is 4.53. The predicted molar refractivity (Wildman–Crippen MR) is 136 cm³/mol. The van der Waals surface area contributed by atoms with Crippen LogP contribution in [0.3, 0.4) is 0 Å². The molecule has 2 amide bonds. The van der Waals surface area contributed by atoms with E-state index < -0.39 is 6.04 Å². The highest BCUT2D eigenvalue weighted by molar-refractivity contribution is 7.98. The monoisotopic (exact) mass is 479 g/mol. The van der Waals surface area contributed by atoms with E-state index in [1.807, 2.05) is 30.5 Å². The van der Waals surface area contributed by atoms with Crippen LogP contribution in [-0.2, 0) is 16.0 Å². The highest BCUT2D eigenvalue weighted by atomic mass is 32.2. The van der Waals surface area contributed by atoms with Gasteiger partial charge in [0.15, 0.2) is 0 Å². The van der Waals surface area contributed by atoms with Crippen LogP contribution < -0.4 is 10.6 Å². The summed E-state index contributed by atoms with van der Waals surface area (Å²) in [5.41, 5.74) is 3.39. The largest absolute Gasteiger partial charge is 0.463 e. The van der Waals surface area contributed by atoms with Crippen molar-refractivity contribution in [1.29, 1.82) is 0 Å². The summed E-state index contributed by atoms with van der Waals surface area (Å²) in [5.74, 6) is 0.269. The molecule has 2 heterocycles. The summed E-state index contributed by atoms with van der Waals surface area (Å²) in [6.45, 7) is 4.49. The maximum absolute atomic E-state index is 13.0. The van der Waals surface area contributed by atoms with Crippen LogP contribution >= 0.6 is 11.8 Å². The Balaban J connectivity index is 1.51. The van der Waals surface area contributed by atoms with Crippen LogP contribution in [0.2, 0.25) is 0 Å². The van der Waals surface area contributed by atoms with E-state index in [1.165, 1.54) is 5.56 Å². The Kier molecular flexibility index (Phi) is 8.29. The lowest BCUT2D eigenvalue weighted by Crippen LogP contribution is -2.49. The van der Waals surface area contributed by atoms with Gasteiger partial charge in [0.2, 0.25) is 0 Å². The lowest BCUT2D eigenvalue weighted by atomic mass is 9.89. The number of benzene rings is 2.